The summed E-state index contributed by atoms with van der Waals surface area (Å²) in [6.07, 6.45) is 0. The maximum Gasteiger partial charge on any atom is 0.254 e. The maximum absolute atomic E-state index is 13.6. The Morgan fingerprint density at radius 1 is 1.32 bits per heavy atom. The molecular weight excluding hydrogens is 249 g/mol. The van der Waals surface area contributed by atoms with Gasteiger partial charge in [0.15, 0.2) is 5.78 Å². The minimum Gasteiger partial charge on any atom is -0.497 e. The molecular formula is C14H18FNO3. The van der Waals surface area contributed by atoms with Crippen molar-refractivity contribution in [2.45, 2.75) is 20.8 Å². The Morgan fingerprint density at radius 2 is 1.95 bits per heavy atom. The predicted octanol–water partition coefficient (Wildman–Crippen LogP) is 2.18. The van der Waals surface area contributed by atoms with Gasteiger partial charge in [-0.1, -0.05) is 20.8 Å². The summed E-state index contributed by atoms with van der Waals surface area (Å²) in [5, 5.41) is 2.41. The SMILES string of the molecule is COc1ccc(C(=O)NCC(=O)C(C)(C)C)c(F)c1. The Hall–Kier alpha value is -1.91. The topological polar surface area (TPSA) is 55.4 Å². The second-order valence-electron chi connectivity index (χ2n) is 5.20. The van der Waals surface area contributed by atoms with E-state index < -0.39 is 17.1 Å². The molecule has 0 radical (unpaired) electrons. The maximum atomic E-state index is 13.6. The Balaban J connectivity index is 2.72. The molecule has 0 saturated heterocycles. The number of Topliss-reactive ketones (excluding diaryl/α,β-unsaturated/α-hetero) is 1. The Kier molecular flexibility index (Phi) is 4.64. The van der Waals surface area contributed by atoms with Crippen LogP contribution in [0.25, 0.3) is 0 Å². The standard InChI is InChI=1S/C14H18FNO3/c1-14(2,3)12(17)8-16-13(18)10-6-5-9(19-4)7-11(10)15/h5-7H,8H2,1-4H3,(H,16,18). The summed E-state index contributed by atoms with van der Waals surface area (Å²) in [6, 6.07) is 3.94. The first-order chi connectivity index (χ1) is 8.75. The van der Waals surface area contributed by atoms with E-state index in [9.17, 15) is 14.0 Å². The summed E-state index contributed by atoms with van der Waals surface area (Å²) < 4.78 is 18.5. The third kappa shape index (κ3) is 4.05. The molecule has 1 N–H and O–H groups in total. The third-order valence-corrected chi connectivity index (χ3v) is 2.67. The molecule has 1 rings (SSSR count). The Morgan fingerprint density at radius 3 is 2.42 bits per heavy atom. The number of nitrogens with one attached hydrogen (secondary N) is 1. The van der Waals surface area contributed by atoms with Crippen molar-refractivity contribution < 1.29 is 18.7 Å². The number of carbonyl (C=O) groups is 2. The van der Waals surface area contributed by atoms with E-state index >= 15 is 0 Å². The molecule has 0 unspecified atom stereocenters. The monoisotopic (exact) mass is 267 g/mol. The van der Waals surface area contributed by atoms with Gasteiger partial charge < -0.3 is 10.1 Å². The molecule has 0 aliphatic heterocycles. The summed E-state index contributed by atoms with van der Waals surface area (Å²) >= 11 is 0. The van der Waals surface area contributed by atoms with Gasteiger partial charge in [0.1, 0.15) is 11.6 Å². The Labute approximate surface area is 112 Å². The molecule has 0 spiro atoms. The summed E-state index contributed by atoms with van der Waals surface area (Å²) in [7, 11) is 1.41. The number of amides is 1. The average molecular weight is 267 g/mol. The van der Waals surface area contributed by atoms with Crippen LogP contribution in [0.1, 0.15) is 31.1 Å². The number of halogens is 1. The van der Waals surface area contributed by atoms with Gasteiger partial charge in [0, 0.05) is 11.5 Å². The minimum atomic E-state index is -0.681. The van der Waals surface area contributed by atoms with Crippen LogP contribution in [0.15, 0.2) is 18.2 Å². The average Bonchev–Trinajstić information content (AvgIpc) is 2.34. The van der Waals surface area contributed by atoms with Gasteiger partial charge >= 0.3 is 0 Å². The molecule has 19 heavy (non-hydrogen) atoms. The molecule has 0 aromatic heterocycles. The van der Waals surface area contributed by atoms with E-state index in [-0.39, 0.29) is 17.9 Å². The summed E-state index contributed by atoms with van der Waals surface area (Å²) in [5.41, 5.74) is -0.645. The Bertz CT molecular complexity index is 492. The van der Waals surface area contributed by atoms with E-state index in [2.05, 4.69) is 5.32 Å². The first-order valence-electron chi connectivity index (χ1n) is 5.90. The largest absolute Gasteiger partial charge is 0.497 e. The quantitative estimate of drug-likeness (QED) is 0.909. The summed E-state index contributed by atoms with van der Waals surface area (Å²) in [5.74, 6) is -1.08. The number of carbonyl (C=O) groups excluding carboxylic acids is 2. The zero-order valence-corrected chi connectivity index (χ0v) is 11.5. The normalized spacial score (nSPS) is 11.0. The molecule has 0 fully saturated rings. The molecule has 0 saturated carbocycles. The molecule has 104 valence electrons. The minimum absolute atomic E-state index is 0.109. The van der Waals surface area contributed by atoms with Crippen LogP contribution in [0.5, 0.6) is 5.75 Å². The van der Waals surface area contributed by atoms with E-state index in [4.69, 9.17) is 4.74 Å². The van der Waals surface area contributed by atoms with Crippen LogP contribution in [0.2, 0.25) is 0 Å². The number of rotatable bonds is 4. The van der Waals surface area contributed by atoms with Crippen LogP contribution in [-0.4, -0.2) is 25.3 Å². The lowest BCUT2D eigenvalue weighted by molar-refractivity contribution is -0.125. The highest BCUT2D eigenvalue weighted by atomic mass is 19.1. The number of hydrogen-bond acceptors (Lipinski definition) is 3. The molecule has 4 nitrogen and oxygen atoms in total. The van der Waals surface area contributed by atoms with Crippen molar-refractivity contribution in [3.63, 3.8) is 0 Å². The highest BCUT2D eigenvalue weighted by molar-refractivity contribution is 5.97. The van der Waals surface area contributed by atoms with Crippen LogP contribution in [0.3, 0.4) is 0 Å². The first kappa shape index (κ1) is 15.1. The van der Waals surface area contributed by atoms with Crippen LogP contribution < -0.4 is 10.1 Å². The lowest BCUT2D eigenvalue weighted by Crippen LogP contribution is -2.35. The second-order valence-corrected chi connectivity index (χ2v) is 5.20. The van der Waals surface area contributed by atoms with E-state index in [0.717, 1.165) is 6.07 Å². The number of ketones is 1. The highest BCUT2D eigenvalue weighted by Crippen LogP contribution is 2.17. The van der Waals surface area contributed by atoms with E-state index in [1.165, 1.54) is 19.2 Å². The highest BCUT2D eigenvalue weighted by Gasteiger charge is 2.22. The summed E-state index contributed by atoms with van der Waals surface area (Å²) in [6.45, 7) is 5.16. The summed E-state index contributed by atoms with van der Waals surface area (Å²) in [4.78, 5) is 23.4. The molecule has 0 heterocycles. The van der Waals surface area contributed by atoms with Crippen molar-refractivity contribution in [1.82, 2.24) is 5.32 Å². The zero-order chi connectivity index (χ0) is 14.6. The van der Waals surface area contributed by atoms with Crippen molar-refractivity contribution in [1.29, 1.82) is 0 Å². The van der Waals surface area contributed by atoms with Crippen LogP contribution in [0.4, 0.5) is 4.39 Å². The molecule has 1 amide bonds. The van der Waals surface area contributed by atoms with Crippen LogP contribution in [0, 0.1) is 11.2 Å². The lowest BCUT2D eigenvalue weighted by atomic mass is 9.91. The van der Waals surface area contributed by atoms with Gasteiger partial charge in [-0.05, 0) is 12.1 Å². The molecule has 1 aromatic carbocycles. The van der Waals surface area contributed by atoms with E-state index in [1.54, 1.807) is 20.8 Å². The number of hydrogen-bond donors (Lipinski definition) is 1. The van der Waals surface area contributed by atoms with Gasteiger partial charge in [-0.2, -0.15) is 0 Å². The van der Waals surface area contributed by atoms with Gasteiger partial charge in [0.05, 0.1) is 19.2 Å². The van der Waals surface area contributed by atoms with Crippen molar-refractivity contribution >= 4 is 11.7 Å². The second kappa shape index (κ2) is 5.82. The third-order valence-electron chi connectivity index (χ3n) is 2.67. The van der Waals surface area contributed by atoms with Gasteiger partial charge in [0.2, 0.25) is 0 Å². The fourth-order valence-electron chi connectivity index (χ4n) is 1.33. The van der Waals surface area contributed by atoms with E-state index in [1.807, 2.05) is 0 Å². The molecule has 0 aliphatic carbocycles. The van der Waals surface area contributed by atoms with Gasteiger partial charge in [-0.25, -0.2) is 4.39 Å². The van der Waals surface area contributed by atoms with E-state index in [0.29, 0.717) is 5.75 Å². The first-order valence-corrected chi connectivity index (χ1v) is 5.90. The molecule has 0 atom stereocenters. The predicted molar refractivity (Wildman–Crippen MR) is 69.7 cm³/mol. The number of ether oxygens (including phenoxy) is 1. The van der Waals surface area contributed by atoms with Crippen molar-refractivity contribution in [2.75, 3.05) is 13.7 Å². The molecule has 0 bridgehead atoms. The fraction of sp³-hybridized carbons (Fsp3) is 0.429. The number of benzene rings is 1. The smallest absolute Gasteiger partial charge is 0.254 e. The van der Waals surface area contributed by atoms with Crippen molar-refractivity contribution in [3.8, 4) is 5.75 Å². The van der Waals surface area contributed by atoms with Crippen LogP contribution in [-0.2, 0) is 4.79 Å². The van der Waals surface area contributed by atoms with Crippen molar-refractivity contribution in [2.24, 2.45) is 5.41 Å². The zero-order valence-electron chi connectivity index (χ0n) is 11.5. The van der Waals surface area contributed by atoms with Gasteiger partial charge in [0.25, 0.3) is 5.91 Å². The van der Waals surface area contributed by atoms with Crippen LogP contribution >= 0.6 is 0 Å². The molecule has 1 aromatic rings. The lowest BCUT2D eigenvalue weighted by Gasteiger charge is -2.16. The number of methoxy groups -OCH3 is 1. The van der Waals surface area contributed by atoms with Gasteiger partial charge in [-0.15, -0.1) is 0 Å². The van der Waals surface area contributed by atoms with Crippen molar-refractivity contribution in [3.05, 3.63) is 29.6 Å². The molecule has 0 aliphatic rings. The van der Waals surface area contributed by atoms with Gasteiger partial charge in [-0.3, -0.25) is 9.59 Å². The fourth-order valence-corrected chi connectivity index (χ4v) is 1.33. The molecule has 5 heteroatoms.